The molecule has 3 amide bonds. The number of urea groups is 1. The molecule has 6 rings (SSSR count). The summed E-state index contributed by atoms with van der Waals surface area (Å²) in [6.45, 7) is 0.771. The van der Waals surface area contributed by atoms with Crippen LogP contribution < -0.4 is 9.80 Å². The van der Waals surface area contributed by atoms with Gasteiger partial charge >= 0.3 is 6.03 Å². The summed E-state index contributed by atoms with van der Waals surface area (Å²) in [6, 6.07) is 5.44. The van der Waals surface area contributed by atoms with Crippen LogP contribution >= 0.6 is 23.5 Å². The molecule has 0 radical (unpaired) electrons. The van der Waals surface area contributed by atoms with Crippen LogP contribution in [0.1, 0.15) is 34.8 Å². The van der Waals surface area contributed by atoms with Crippen LogP contribution in [0.15, 0.2) is 49.2 Å². The second-order valence-electron chi connectivity index (χ2n) is 7.91. The summed E-state index contributed by atoms with van der Waals surface area (Å²) in [6.07, 6.45) is 10.3. The van der Waals surface area contributed by atoms with Crippen molar-refractivity contribution in [2.75, 3.05) is 23.4 Å². The molecule has 5 heterocycles. The number of hydrogen-bond acceptors (Lipinski definition) is 6. The molecule has 1 unspecified atom stereocenters. The van der Waals surface area contributed by atoms with Gasteiger partial charge in [0.25, 0.3) is 11.7 Å². The first-order valence-electron chi connectivity index (χ1n) is 10.0. The minimum absolute atomic E-state index is 0.0166. The Hall–Kier alpha value is -2.36. The van der Waals surface area contributed by atoms with Crippen LogP contribution in [0.2, 0.25) is 0 Å². The second-order valence-corrected chi connectivity index (χ2v) is 11.1. The van der Waals surface area contributed by atoms with Crippen molar-refractivity contribution in [2.45, 2.75) is 23.0 Å². The third-order valence-corrected chi connectivity index (χ3v) is 9.89. The Morgan fingerprint density at radius 2 is 2.07 bits per heavy atom. The van der Waals surface area contributed by atoms with E-state index in [1.165, 1.54) is 11.5 Å². The molecule has 1 aromatic heterocycles. The second kappa shape index (κ2) is 6.57. The zero-order valence-corrected chi connectivity index (χ0v) is 17.8. The Morgan fingerprint density at radius 1 is 1.23 bits per heavy atom. The zero-order chi connectivity index (χ0) is 20.3. The fourth-order valence-electron chi connectivity index (χ4n) is 4.74. The number of benzene rings is 1. The highest BCUT2D eigenvalue weighted by Gasteiger charge is 2.51. The topological polar surface area (TPSA) is 75.2 Å². The summed E-state index contributed by atoms with van der Waals surface area (Å²) >= 11 is 4.06. The van der Waals surface area contributed by atoms with E-state index in [1.807, 2.05) is 46.6 Å². The molecule has 1 N–H and O–H groups in total. The number of fused-ring (bicyclic) bond motifs is 3. The van der Waals surface area contributed by atoms with E-state index in [1.54, 1.807) is 31.0 Å². The highest BCUT2D eigenvalue weighted by Crippen LogP contribution is 2.57. The van der Waals surface area contributed by atoms with Crippen LogP contribution in [0.3, 0.4) is 0 Å². The monoisotopic (exact) mass is 438 g/mol. The van der Waals surface area contributed by atoms with Crippen molar-refractivity contribution in [3.8, 4) is 0 Å². The number of nitrogens with zero attached hydrogens (tertiary/aromatic N) is 4. The number of quaternary nitrogens is 1. The Balaban J connectivity index is 1.34. The van der Waals surface area contributed by atoms with Crippen molar-refractivity contribution in [3.05, 3.63) is 60.3 Å². The van der Waals surface area contributed by atoms with Crippen molar-refractivity contribution in [1.29, 1.82) is 0 Å². The highest BCUT2D eigenvalue weighted by atomic mass is 32.2. The Bertz CT molecular complexity index is 1080. The van der Waals surface area contributed by atoms with E-state index in [0.717, 1.165) is 30.6 Å². The first-order valence-corrected chi connectivity index (χ1v) is 12.0. The number of carbonyl (C=O) groups is 2. The zero-order valence-electron chi connectivity index (χ0n) is 16.2. The first-order chi connectivity index (χ1) is 14.6. The number of piperidine rings is 1. The van der Waals surface area contributed by atoms with Crippen molar-refractivity contribution in [2.24, 2.45) is 0 Å². The van der Waals surface area contributed by atoms with E-state index in [2.05, 4.69) is 15.3 Å². The smallest absolute Gasteiger partial charge is 0.331 e. The molecule has 2 saturated heterocycles. The van der Waals surface area contributed by atoms with Crippen LogP contribution in [-0.2, 0) is 0 Å². The molecule has 2 aromatic rings. The molecule has 0 bridgehead atoms. The average Bonchev–Trinajstić information content (AvgIpc) is 3.41. The number of nitrogens with one attached hydrogen (secondary N) is 1. The summed E-state index contributed by atoms with van der Waals surface area (Å²) in [7, 11) is 0. The molecule has 152 valence electrons. The lowest BCUT2D eigenvalue weighted by Crippen LogP contribution is -2.41. The summed E-state index contributed by atoms with van der Waals surface area (Å²) in [5, 5.41) is 3.09. The molecule has 4 aliphatic heterocycles. The van der Waals surface area contributed by atoms with Crippen LogP contribution in [0, 0.1) is 0 Å². The van der Waals surface area contributed by atoms with Gasteiger partial charge in [0.1, 0.15) is 6.20 Å². The Kier molecular flexibility index (Phi) is 4.03. The van der Waals surface area contributed by atoms with Gasteiger partial charge in [0.15, 0.2) is 12.4 Å². The Labute approximate surface area is 182 Å². The number of aromatic nitrogens is 2. The van der Waals surface area contributed by atoms with Crippen LogP contribution in [0.4, 0.5) is 16.3 Å². The lowest BCUT2D eigenvalue weighted by molar-refractivity contribution is 0.0669. The largest absolute Gasteiger partial charge is 0.437 e. The van der Waals surface area contributed by atoms with Gasteiger partial charge in [-0.2, -0.15) is 0 Å². The molecule has 1 atom stereocenters. The lowest BCUT2D eigenvalue weighted by atomic mass is 9.95. The van der Waals surface area contributed by atoms with Gasteiger partial charge in [0.05, 0.1) is 22.0 Å². The van der Waals surface area contributed by atoms with Gasteiger partial charge in [-0.3, -0.25) is 15.1 Å². The number of rotatable bonds is 2. The summed E-state index contributed by atoms with van der Waals surface area (Å²) < 4.78 is 0.102. The fraction of sp³-hybridized carbons (Fsp3) is 0.333. The third-order valence-electron chi connectivity index (χ3n) is 6.31. The molecular formula is C21H20N5O2S2+. The number of anilines is 1. The summed E-state index contributed by atoms with van der Waals surface area (Å²) in [5.41, 5.74) is 2.40. The predicted molar refractivity (Wildman–Crippen MR) is 119 cm³/mol. The van der Waals surface area contributed by atoms with Gasteiger partial charge in [0.2, 0.25) is 0 Å². The van der Waals surface area contributed by atoms with Crippen molar-refractivity contribution >= 4 is 47.0 Å². The number of hydrogen-bond donors (Lipinski definition) is 1. The quantitative estimate of drug-likeness (QED) is 0.715. The minimum atomic E-state index is -0.218. The van der Waals surface area contributed by atoms with E-state index in [4.69, 9.17) is 0 Å². The van der Waals surface area contributed by atoms with E-state index in [-0.39, 0.29) is 26.5 Å². The standard InChI is InChI=1S/C21H19N5O2S2/c27-19-14-2-1-3-15(24-20(28)26(8-9-26)17-13-22-5-6-23-17)18(14)16-12-21(4-7-25(16)19)29-10-11-30-21/h1-3,5-6,8-9,13,16H,4,7,10-12H2/p+1. The Morgan fingerprint density at radius 3 is 2.80 bits per heavy atom. The lowest BCUT2D eigenvalue weighted by Gasteiger charge is -2.41. The molecule has 2 fully saturated rings. The minimum Gasteiger partial charge on any atom is -0.331 e. The van der Waals surface area contributed by atoms with E-state index in [0.29, 0.717) is 11.4 Å². The molecule has 0 saturated carbocycles. The molecule has 0 aliphatic carbocycles. The van der Waals surface area contributed by atoms with Gasteiger partial charge in [-0.05, 0) is 25.0 Å². The number of carbonyl (C=O) groups excluding carboxylic acids is 2. The van der Waals surface area contributed by atoms with Crippen LogP contribution in [0.25, 0.3) is 0 Å². The molecule has 1 aromatic carbocycles. The van der Waals surface area contributed by atoms with Crippen LogP contribution in [-0.4, -0.2) is 48.9 Å². The van der Waals surface area contributed by atoms with Gasteiger partial charge in [-0.1, -0.05) is 6.07 Å². The van der Waals surface area contributed by atoms with E-state index >= 15 is 0 Å². The third kappa shape index (κ3) is 2.65. The first kappa shape index (κ1) is 18.4. The normalized spacial score (nSPS) is 24.6. The molecule has 9 heteroatoms. The maximum Gasteiger partial charge on any atom is 0.437 e. The number of thioether (sulfide) groups is 2. The molecule has 7 nitrogen and oxygen atoms in total. The fourth-order valence-corrected chi connectivity index (χ4v) is 8.00. The highest BCUT2D eigenvalue weighted by molar-refractivity contribution is 8.21. The van der Waals surface area contributed by atoms with E-state index < -0.39 is 0 Å². The summed E-state index contributed by atoms with van der Waals surface area (Å²) in [4.78, 5) is 36.7. The average molecular weight is 439 g/mol. The van der Waals surface area contributed by atoms with E-state index in [9.17, 15) is 9.59 Å². The van der Waals surface area contributed by atoms with Gasteiger partial charge in [-0.25, -0.2) is 9.78 Å². The molecule has 1 spiro atoms. The van der Waals surface area contributed by atoms with Crippen molar-refractivity contribution in [3.63, 3.8) is 0 Å². The number of amides is 3. The van der Waals surface area contributed by atoms with Crippen molar-refractivity contribution < 1.29 is 9.59 Å². The van der Waals surface area contributed by atoms with Crippen molar-refractivity contribution in [1.82, 2.24) is 19.4 Å². The predicted octanol–water partition coefficient (Wildman–Crippen LogP) is 3.97. The molecule has 30 heavy (non-hydrogen) atoms. The maximum atomic E-state index is 13.2. The molecular weight excluding hydrogens is 418 g/mol. The maximum absolute atomic E-state index is 13.2. The molecule has 4 aliphatic rings. The van der Waals surface area contributed by atoms with Gasteiger partial charge in [-0.15, -0.1) is 28.0 Å². The van der Waals surface area contributed by atoms with Gasteiger partial charge in [0, 0.05) is 35.4 Å². The van der Waals surface area contributed by atoms with Gasteiger partial charge < -0.3 is 4.90 Å². The summed E-state index contributed by atoms with van der Waals surface area (Å²) in [5.74, 6) is 2.97. The van der Waals surface area contributed by atoms with Crippen LogP contribution in [0.5, 0.6) is 0 Å². The SMILES string of the molecule is O=C1c2cccc(NC(=O)[N+]3(c4cnccn4)C=C3)c2C2CC3(CCN12)SCCS3.